The Morgan fingerprint density at radius 3 is 1.78 bits per heavy atom. The van der Waals surface area contributed by atoms with Crippen LogP contribution in [0.25, 0.3) is 0 Å². The number of aliphatic hydroxyl groups excluding tert-OH is 1. The molecule has 3 fully saturated rings. The summed E-state index contributed by atoms with van der Waals surface area (Å²) in [5.41, 5.74) is 0. The highest BCUT2D eigenvalue weighted by molar-refractivity contribution is 5.11. The van der Waals surface area contributed by atoms with Crippen molar-refractivity contribution in [3.05, 3.63) is 0 Å². The molecule has 0 aromatic heterocycles. The van der Waals surface area contributed by atoms with Crippen LogP contribution in [0.5, 0.6) is 0 Å². The van der Waals surface area contributed by atoms with Crippen LogP contribution in [-0.4, -0.2) is 11.2 Å². The fourth-order valence-electron chi connectivity index (χ4n) is 3.20. The lowest BCUT2D eigenvalue weighted by Gasteiger charge is -2.09. The normalized spacial score (nSPS) is 68.3. The van der Waals surface area contributed by atoms with Crippen molar-refractivity contribution in [1.29, 1.82) is 0 Å². The van der Waals surface area contributed by atoms with Crippen molar-refractivity contribution >= 4 is 0 Å². The first-order chi connectivity index (χ1) is 4.38. The minimum absolute atomic E-state index is 0.119. The van der Waals surface area contributed by atoms with E-state index in [0.717, 1.165) is 23.7 Å². The van der Waals surface area contributed by atoms with Gasteiger partial charge in [-0.05, 0) is 42.9 Å². The lowest BCUT2D eigenvalue weighted by atomic mass is 10.0. The summed E-state index contributed by atoms with van der Waals surface area (Å²) in [5.74, 6) is 3.41. The second-order valence-corrected chi connectivity index (χ2v) is 3.96. The molecule has 1 nitrogen and oxygen atoms in total. The van der Waals surface area contributed by atoms with Gasteiger partial charge in [-0.1, -0.05) is 0 Å². The van der Waals surface area contributed by atoms with Crippen molar-refractivity contribution in [2.24, 2.45) is 23.7 Å². The molecule has 0 aliphatic heterocycles. The second kappa shape index (κ2) is 1.20. The minimum Gasteiger partial charge on any atom is -0.393 e. The lowest BCUT2D eigenvalue weighted by molar-refractivity contribution is 0.108. The Kier molecular flexibility index (Phi) is 0.628. The average Bonchev–Trinajstić information content (AvgIpc) is 2.53. The van der Waals surface area contributed by atoms with Crippen LogP contribution in [0.15, 0.2) is 0 Å². The Balaban J connectivity index is 2.00. The molecule has 9 heavy (non-hydrogen) atoms. The zero-order valence-corrected chi connectivity index (χ0v) is 5.46. The van der Waals surface area contributed by atoms with Gasteiger partial charge in [0.05, 0.1) is 6.10 Å². The molecule has 0 aromatic carbocycles. The van der Waals surface area contributed by atoms with Gasteiger partial charge in [-0.15, -0.1) is 0 Å². The Morgan fingerprint density at radius 2 is 1.44 bits per heavy atom. The molecule has 5 atom stereocenters. The van der Waals surface area contributed by atoms with E-state index < -0.39 is 0 Å². The molecular weight excluding hydrogens is 112 g/mol. The molecule has 0 radical (unpaired) electrons. The molecule has 0 aromatic rings. The predicted molar refractivity (Wildman–Crippen MR) is 33.8 cm³/mol. The topological polar surface area (TPSA) is 20.2 Å². The van der Waals surface area contributed by atoms with E-state index in [2.05, 4.69) is 0 Å². The molecule has 2 bridgehead atoms. The van der Waals surface area contributed by atoms with Crippen molar-refractivity contribution in [1.82, 2.24) is 0 Å². The molecule has 3 aliphatic rings. The number of rotatable bonds is 0. The maximum Gasteiger partial charge on any atom is 0.0602 e. The van der Waals surface area contributed by atoms with Gasteiger partial charge >= 0.3 is 0 Å². The van der Waals surface area contributed by atoms with Crippen molar-refractivity contribution < 1.29 is 5.11 Å². The highest BCUT2D eigenvalue weighted by atomic mass is 16.3. The van der Waals surface area contributed by atoms with Crippen LogP contribution in [0.2, 0.25) is 0 Å². The molecule has 3 aliphatic carbocycles. The molecule has 1 N–H and O–H groups in total. The Morgan fingerprint density at radius 1 is 0.889 bits per heavy atom. The third-order valence-corrected chi connectivity index (χ3v) is 3.70. The van der Waals surface area contributed by atoms with Gasteiger partial charge in [-0.25, -0.2) is 0 Å². The quantitative estimate of drug-likeness (QED) is 0.511. The number of fused-ring (bicyclic) bond motifs is 5. The van der Waals surface area contributed by atoms with Gasteiger partial charge in [0, 0.05) is 0 Å². The van der Waals surface area contributed by atoms with E-state index in [4.69, 9.17) is 0 Å². The highest BCUT2D eigenvalue weighted by Crippen LogP contribution is 2.65. The molecule has 1 unspecified atom stereocenters. The Bertz CT molecular complexity index is 139. The van der Waals surface area contributed by atoms with Crippen LogP contribution in [-0.2, 0) is 0 Å². The third kappa shape index (κ3) is 0.389. The number of hydrogen-bond donors (Lipinski definition) is 1. The summed E-state index contributed by atoms with van der Waals surface area (Å²) < 4.78 is 0. The maximum absolute atomic E-state index is 9.53. The van der Waals surface area contributed by atoms with Crippen LogP contribution in [0.3, 0.4) is 0 Å². The third-order valence-electron chi connectivity index (χ3n) is 3.70. The van der Waals surface area contributed by atoms with Gasteiger partial charge < -0.3 is 5.11 Å². The van der Waals surface area contributed by atoms with E-state index in [1.54, 1.807) is 0 Å². The van der Waals surface area contributed by atoms with Crippen LogP contribution < -0.4 is 0 Å². The van der Waals surface area contributed by atoms with Crippen LogP contribution in [0.1, 0.15) is 19.3 Å². The molecule has 0 amide bonds. The first-order valence-corrected chi connectivity index (χ1v) is 4.06. The molecular formula is C8H12O. The molecule has 0 spiro atoms. The first kappa shape index (κ1) is 4.73. The molecule has 3 saturated carbocycles. The van der Waals surface area contributed by atoms with Crippen molar-refractivity contribution in [2.75, 3.05) is 0 Å². The predicted octanol–water partition coefficient (Wildman–Crippen LogP) is 1.02. The highest BCUT2D eigenvalue weighted by Gasteiger charge is 2.62. The molecule has 50 valence electrons. The summed E-state index contributed by atoms with van der Waals surface area (Å²) in [7, 11) is 0. The number of aliphatic hydroxyl groups is 1. The van der Waals surface area contributed by atoms with Crippen molar-refractivity contribution in [3.8, 4) is 0 Å². The molecule has 0 saturated heterocycles. The summed E-state index contributed by atoms with van der Waals surface area (Å²) >= 11 is 0. The minimum atomic E-state index is 0.119. The summed E-state index contributed by atoms with van der Waals surface area (Å²) in [6.45, 7) is 0. The fraction of sp³-hybridized carbons (Fsp3) is 1.00. The SMILES string of the molecule is OC1[C@H]2CC[C@@H]1[C@@H]1C[C@@H]12. The van der Waals surface area contributed by atoms with E-state index in [9.17, 15) is 5.11 Å². The van der Waals surface area contributed by atoms with Crippen molar-refractivity contribution in [2.45, 2.75) is 25.4 Å². The van der Waals surface area contributed by atoms with Crippen LogP contribution >= 0.6 is 0 Å². The van der Waals surface area contributed by atoms with Crippen molar-refractivity contribution in [3.63, 3.8) is 0 Å². The van der Waals surface area contributed by atoms with Gasteiger partial charge in [-0.3, -0.25) is 0 Å². The molecule has 3 rings (SSSR count). The van der Waals surface area contributed by atoms with E-state index in [0.29, 0.717) is 0 Å². The zero-order chi connectivity index (χ0) is 6.01. The average molecular weight is 124 g/mol. The maximum atomic E-state index is 9.53. The second-order valence-electron chi connectivity index (χ2n) is 3.96. The van der Waals surface area contributed by atoms with Crippen LogP contribution in [0.4, 0.5) is 0 Å². The van der Waals surface area contributed by atoms with E-state index in [-0.39, 0.29) is 6.10 Å². The standard InChI is InChI=1S/C8H12O/c9-8-4-1-2-5(8)7-3-6(4)7/h4-9H,1-3H2/t4-,5+,6+,7-,8?. The molecule has 0 heterocycles. The summed E-state index contributed by atoms with van der Waals surface area (Å²) in [5, 5.41) is 9.53. The smallest absolute Gasteiger partial charge is 0.0602 e. The lowest BCUT2D eigenvalue weighted by Crippen LogP contribution is -2.15. The van der Waals surface area contributed by atoms with Gasteiger partial charge in [0.25, 0.3) is 0 Å². The summed E-state index contributed by atoms with van der Waals surface area (Å²) in [6.07, 6.45) is 4.22. The zero-order valence-electron chi connectivity index (χ0n) is 5.46. The summed E-state index contributed by atoms with van der Waals surface area (Å²) in [6, 6.07) is 0. The fourth-order valence-corrected chi connectivity index (χ4v) is 3.20. The Labute approximate surface area is 55.1 Å². The molecule has 1 heteroatoms. The van der Waals surface area contributed by atoms with E-state index in [1.165, 1.54) is 19.3 Å². The first-order valence-electron chi connectivity index (χ1n) is 4.06. The monoisotopic (exact) mass is 124 g/mol. The van der Waals surface area contributed by atoms with E-state index in [1.807, 2.05) is 0 Å². The Hall–Kier alpha value is -0.0400. The summed E-state index contributed by atoms with van der Waals surface area (Å²) in [4.78, 5) is 0. The van der Waals surface area contributed by atoms with Gasteiger partial charge in [0.2, 0.25) is 0 Å². The largest absolute Gasteiger partial charge is 0.393 e. The van der Waals surface area contributed by atoms with Gasteiger partial charge in [0.1, 0.15) is 0 Å². The van der Waals surface area contributed by atoms with Crippen LogP contribution in [0, 0.1) is 23.7 Å². The van der Waals surface area contributed by atoms with Gasteiger partial charge in [0.15, 0.2) is 0 Å². The van der Waals surface area contributed by atoms with Gasteiger partial charge in [-0.2, -0.15) is 0 Å². The number of hydrogen-bond acceptors (Lipinski definition) is 1. The van der Waals surface area contributed by atoms with E-state index >= 15 is 0 Å².